The predicted octanol–water partition coefficient (Wildman–Crippen LogP) is 4.18. The lowest BCUT2D eigenvalue weighted by Gasteiger charge is -2.11. The van der Waals surface area contributed by atoms with Gasteiger partial charge in [0, 0.05) is 27.3 Å². The highest BCUT2D eigenvalue weighted by Gasteiger charge is 2.02. The first-order valence-corrected chi connectivity index (χ1v) is 6.86. The molecule has 1 aromatic rings. The van der Waals surface area contributed by atoms with Gasteiger partial charge in [-0.15, -0.1) is 11.3 Å². The molecule has 0 spiro atoms. The molecule has 0 aliphatic heterocycles. The van der Waals surface area contributed by atoms with Gasteiger partial charge >= 0.3 is 0 Å². The SMILES string of the molecule is CCCCC(C)NCc1cc(Br)cs1. The van der Waals surface area contributed by atoms with E-state index in [1.54, 1.807) is 11.3 Å². The molecule has 0 fully saturated rings. The number of halogens is 1. The summed E-state index contributed by atoms with van der Waals surface area (Å²) < 4.78 is 1.19. The fourth-order valence-electron chi connectivity index (χ4n) is 1.33. The minimum Gasteiger partial charge on any atom is -0.309 e. The van der Waals surface area contributed by atoms with Gasteiger partial charge in [-0.05, 0) is 35.3 Å². The quantitative estimate of drug-likeness (QED) is 0.822. The average Bonchev–Trinajstić information content (AvgIpc) is 2.58. The van der Waals surface area contributed by atoms with E-state index >= 15 is 0 Å². The predicted molar refractivity (Wildman–Crippen MR) is 67.8 cm³/mol. The number of thiophene rings is 1. The summed E-state index contributed by atoms with van der Waals surface area (Å²) in [6, 6.07) is 2.82. The van der Waals surface area contributed by atoms with Crippen molar-refractivity contribution in [3.63, 3.8) is 0 Å². The minimum atomic E-state index is 0.635. The normalized spacial score (nSPS) is 13.1. The Morgan fingerprint density at radius 3 is 2.93 bits per heavy atom. The van der Waals surface area contributed by atoms with Crippen LogP contribution in [0.25, 0.3) is 0 Å². The van der Waals surface area contributed by atoms with Gasteiger partial charge in [-0.2, -0.15) is 0 Å². The molecule has 3 heteroatoms. The fraction of sp³-hybridized carbons (Fsp3) is 0.636. The molecule has 0 aliphatic carbocycles. The molecule has 1 aromatic heterocycles. The van der Waals surface area contributed by atoms with E-state index in [1.165, 1.54) is 28.6 Å². The lowest BCUT2D eigenvalue weighted by molar-refractivity contribution is 0.497. The topological polar surface area (TPSA) is 12.0 Å². The molecular weight excluding hydrogens is 258 g/mol. The molecule has 0 saturated carbocycles. The Morgan fingerprint density at radius 1 is 1.57 bits per heavy atom. The van der Waals surface area contributed by atoms with Gasteiger partial charge in [0.15, 0.2) is 0 Å². The van der Waals surface area contributed by atoms with E-state index in [2.05, 4.69) is 46.5 Å². The van der Waals surface area contributed by atoms with Gasteiger partial charge in [0.05, 0.1) is 0 Å². The van der Waals surface area contributed by atoms with Crippen molar-refractivity contribution in [3.05, 3.63) is 20.8 Å². The monoisotopic (exact) mass is 275 g/mol. The molecule has 0 aliphatic rings. The zero-order chi connectivity index (χ0) is 10.4. The first-order chi connectivity index (χ1) is 6.72. The van der Waals surface area contributed by atoms with Crippen LogP contribution in [0.3, 0.4) is 0 Å². The van der Waals surface area contributed by atoms with E-state index in [0.29, 0.717) is 6.04 Å². The van der Waals surface area contributed by atoms with Gasteiger partial charge in [-0.3, -0.25) is 0 Å². The van der Waals surface area contributed by atoms with Crippen LogP contribution in [0.5, 0.6) is 0 Å². The van der Waals surface area contributed by atoms with E-state index in [1.807, 2.05) is 0 Å². The second-order valence-corrected chi connectivity index (χ2v) is 5.57. The summed E-state index contributed by atoms with van der Waals surface area (Å²) in [6.07, 6.45) is 3.89. The van der Waals surface area contributed by atoms with Crippen LogP contribution in [0.15, 0.2) is 15.9 Å². The second kappa shape index (κ2) is 6.59. The fourth-order valence-corrected chi connectivity index (χ4v) is 2.74. The average molecular weight is 276 g/mol. The maximum atomic E-state index is 3.54. The molecule has 1 nitrogen and oxygen atoms in total. The van der Waals surface area contributed by atoms with Crippen molar-refractivity contribution < 1.29 is 0 Å². The lowest BCUT2D eigenvalue weighted by atomic mass is 10.1. The molecule has 0 aromatic carbocycles. The third kappa shape index (κ3) is 4.58. The maximum Gasteiger partial charge on any atom is 0.0302 e. The Morgan fingerprint density at radius 2 is 2.36 bits per heavy atom. The molecule has 0 bridgehead atoms. The third-order valence-corrected chi connectivity index (χ3v) is 3.93. The first-order valence-electron chi connectivity index (χ1n) is 5.18. The zero-order valence-electron chi connectivity index (χ0n) is 8.85. The molecule has 80 valence electrons. The molecule has 1 unspecified atom stereocenters. The smallest absolute Gasteiger partial charge is 0.0302 e. The van der Waals surface area contributed by atoms with Gasteiger partial charge in [0.2, 0.25) is 0 Å². The van der Waals surface area contributed by atoms with Crippen LogP contribution < -0.4 is 5.32 Å². The highest BCUT2D eigenvalue weighted by atomic mass is 79.9. The van der Waals surface area contributed by atoms with Crippen LogP contribution in [-0.4, -0.2) is 6.04 Å². The van der Waals surface area contributed by atoms with Crippen LogP contribution in [0.1, 0.15) is 38.0 Å². The highest BCUT2D eigenvalue weighted by molar-refractivity contribution is 9.10. The Balaban J connectivity index is 2.20. The van der Waals surface area contributed by atoms with Gasteiger partial charge in [-0.1, -0.05) is 19.8 Å². The van der Waals surface area contributed by atoms with Gasteiger partial charge in [-0.25, -0.2) is 0 Å². The summed E-state index contributed by atoms with van der Waals surface area (Å²) in [5.74, 6) is 0. The number of rotatable bonds is 6. The van der Waals surface area contributed by atoms with Gasteiger partial charge in [0.25, 0.3) is 0 Å². The molecule has 0 saturated heterocycles. The van der Waals surface area contributed by atoms with Gasteiger partial charge in [0.1, 0.15) is 0 Å². The summed E-state index contributed by atoms with van der Waals surface area (Å²) in [5, 5.41) is 5.67. The van der Waals surface area contributed by atoms with Crippen molar-refractivity contribution >= 4 is 27.3 Å². The number of unbranched alkanes of at least 4 members (excludes halogenated alkanes) is 1. The number of hydrogen-bond donors (Lipinski definition) is 1. The Kier molecular flexibility index (Phi) is 5.75. The van der Waals surface area contributed by atoms with E-state index in [-0.39, 0.29) is 0 Å². The summed E-state index contributed by atoms with van der Waals surface area (Å²) in [4.78, 5) is 1.40. The standard InChI is InChI=1S/C11H18BrNS/c1-3-4-5-9(2)13-7-11-6-10(12)8-14-11/h6,8-9,13H,3-5,7H2,1-2H3. The van der Waals surface area contributed by atoms with E-state index in [0.717, 1.165) is 6.54 Å². The first kappa shape index (κ1) is 12.2. The van der Waals surface area contributed by atoms with E-state index in [9.17, 15) is 0 Å². The maximum absolute atomic E-state index is 3.54. The van der Waals surface area contributed by atoms with Crippen LogP contribution in [0.4, 0.5) is 0 Å². The summed E-state index contributed by atoms with van der Waals surface area (Å²) in [6.45, 7) is 5.50. The van der Waals surface area contributed by atoms with Crippen molar-refractivity contribution in [2.75, 3.05) is 0 Å². The molecule has 1 N–H and O–H groups in total. The number of hydrogen-bond acceptors (Lipinski definition) is 2. The molecule has 0 amide bonds. The Labute approximate surface area is 99.0 Å². The molecule has 1 atom stereocenters. The summed E-state index contributed by atoms with van der Waals surface area (Å²) in [7, 11) is 0. The van der Waals surface area contributed by atoms with E-state index < -0.39 is 0 Å². The van der Waals surface area contributed by atoms with Crippen molar-refractivity contribution in [2.24, 2.45) is 0 Å². The lowest BCUT2D eigenvalue weighted by Crippen LogP contribution is -2.24. The van der Waals surface area contributed by atoms with Crippen molar-refractivity contribution in [2.45, 2.75) is 45.7 Å². The third-order valence-electron chi connectivity index (χ3n) is 2.24. The van der Waals surface area contributed by atoms with Crippen LogP contribution >= 0.6 is 27.3 Å². The Hall–Kier alpha value is 0.140. The molecule has 0 radical (unpaired) electrons. The van der Waals surface area contributed by atoms with Crippen LogP contribution in [0, 0.1) is 0 Å². The minimum absolute atomic E-state index is 0.635. The summed E-state index contributed by atoms with van der Waals surface area (Å²) >= 11 is 5.27. The van der Waals surface area contributed by atoms with Crippen LogP contribution in [-0.2, 0) is 6.54 Å². The van der Waals surface area contributed by atoms with Crippen molar-refractivity contribution in [1.82, 2.24) is 5.32 Å². The second-order valence-electron chi connectivity index (χ2n) is 3.66. The zero-order valence-corrected chi connectivity index (χ0v) is 11.2. The van der Waals surface area contributed by atoms with Crippen LogP contribution in [0.2, 0.25) is 0 Å². The van der Waals surface area contributed by atoms with Crippen molar-refractivity contribution in [1.29, 1.82) is 0 Å². The Bertz CT molecular complexity index is 260. The van der Waals surface area contributed by atoms with Gasteiger partial charge < -0.3 is 5.32 Å². The van der Waals surface area contributed by atoms with E-state index in [4.69, 9.17) is 0 Å². The largest absolute Gasteiger partial charge is 0.309 e. The molecule has 14 heavy (non-hydrogen) atoms. The number of nitrogens with one attached hydrogen (secondary N) is 1. The molecule has 1 heterocycles. The summed E-state index contributed by atoms with van der Waals surface area (Å²) in [5.41, 5.74) is 0. The molecular formula is C11H18BrNS. The highest BCUT2D eigenvalue weighted by Crippen LogP contribution is 2.19. The van der Waals surface area contributed by atoms with Crippen molar-refractivity contribution in [3.8, 4) is 0 Å². The molecule has 1 rings (SSSR count).